The lowest BCUT2D eigenvalue weighted by atomic mass is 9.83. The second-order valence-corrected chi connectivity index (χ2v) is 5.34. The zero-order valence-corrected chi connectivity index (χ0v) is 11.2. The van der Waals surface area contributed by atoms with Gasteiger partial charge in [-0.2, -0.15) is 0 Å². The summed E-state index contributed by atoms with van der Waals surface area (Å²) < 4.78 is 7.22. The maximum absolute atomic E-state index is 11.2. The number of nitrogens with zero attached hydrogens (tertiary/aromatic N) is 1. The average Bonchev–Trinajstić information content (AvgIpc) is 2.18. The third-order valence-corrected chi connectivity index (χ3v) is 3.22. The molecule has 0 saturated carbocycles. The first-order valence-corrected chi connectivity index (χ1v) is 5.65. The Bertz CT molecular complexity index is 446. The monoisotopic (exact) mass is 237 g/mol. The van der Waals surface area contributed by atoms with Gasteiger partial charge in [0.2, 0.25) is 5.56 Å². The Hall–Kier alpha value is -1.07. The molecule has 0 bridgehead atoms. The van der Waals surface area contributed by atoms with Gasteiger partial charge < -0.3 is 14.3 Å². The summed E-state index contributed by atoms with van der Waals surface area (Å²) >= 11 is 0. The molecule has 0 amide bonds. The van der Waals surface area contributed by atoms with E-state index in [9.17, 15) is 9.90 Å². The van der Waals surface area contributed by atoms with Crippen molar-refractivity contribution >= 4 is 12.9 Å². The number of pyridine rings is 1. The van der Waals surface area contributed by atoms with Gasteiger partial charge in [0.25, 0.3) is 0 Å². The predicted octanol–water partition coefficient (Wildman–Crippen LogP) is -0.0718. The molecule has 0 atom stereocenters. The van der Waals surface area contributed by atoms with Crippen molar-refractivity contribution < 1.29 is 9.76 Å². The molecule has 0 aliphatic rings. The number of aliphatic hydroxyl groups is 1. The second kappa shape index (κ2) is 4.66. The molecule has 0 aromatic carbocycles. The van der Waals surface area contributed by atoms with Crippen LogP contribution in [-0.4, -0.2) is 28.4 Å². The number of hydrogen-bond acceptors (Lipinski definition) is 3. The van der Waals surface area contributed by atoms with Crippen LogP contribution in [0.2, 0.25) is 0 Å². The van der Waals surface area contributed by atoms with Gasteiger partial charge in [-0.25, -0.2) is 0 Å². The zero-order chi connectivity index (χ0) is 13.3. The third-order valence-electron chi connectivity index (χ3n) is 3.22. The summed E-state index contributed by atoms with van der Waals surface area (Å²) in [6.45, 7) is 7.12. The molecule has 0 spiro atoms. The Kier molecular flexibility index (Phi) is 3.84. The van der Waals surface area contributed by atoms with Crippen LogP contribution in [0.15, 0.2) is 23.1 Å². The topological polar surface area (TPSA) is 51.5 Å². The highest BCUT2D eigenvalue weighted by molar-refractivity contribution is 6.46. The van der Waals surface area contributed by atoms with Crippen molar-refractivity contribution in [2.75, 3.05) is 0 Å². The van der Waals surface area contributed by atoms with Crippen LogP contribution in [0.4, 0.5) is 0 Å². The first-order chi connectivity index (χ1) is 7.63. The summed E-state index contributed by atoms with van der Waals surface area (Å²) in [4.78, 5) is 11.2. The average molecular weight is 237 g/mol. The fraction of sp³-hybridized carbons (Fsp3) is 0.583. The molecule has 0 aliphatic carbocycles. The highest BCUT2D eigenvalue weighted by Crippen LogP contribution is 2.24. The van der Waals surface area contributed by atoms with E-state index >= 15 is 0 Å². The highest BCUT2D eigenvalue weighted by atomic mass is 16.5. The van der Waals surface area contributed by atoms with E-state index in [1.165, 1.54) is 10.6 Å². The smallest absolute Gasteiger partial charge is 0.310 e. The van der Waals surface area contributed by atoms with Gasteiger partial charge in [-0.3, -0.25) is 4.79 Å². The van der Waals surface area contributed by atoms with Gasteiger partial charge in [0.05, 0.1) is 11.2 Å². The van der Waals surface area contributed by atoms with Crippen molar-refractivity contribution in [1.29, 1.82) is 0 Å². The van der Waals surface area contributed by atoms with Gasteiger partial charge in [-0.05, 0) is 33.2 Å². The predicted molar refractivity (Wildman–Crippen MR) is 69.9 cm³/mol. The van der Waals surface area contributed by atoms with Gasteiger partial charge in [0, 0.05) is 19.3 Å². The molecule has 0 unspecified atom stereocenters. The van der Waals surface area contributed by atoms with Crippen molar-refractivity contribution in [3.05, 3.63) is 28.7 Å². The van der Waals surface area contributed by atoms with E-state index in [0.717, 1.165) is 5.46 Å². The molecule has 1 aromatic heterocycles. The molecule has 5 heteroatoms. The molecule has 1 N–H and O–H groups in total. The fourth-order valence-electron chi connectivity index (χ4n) is 1.18. The van der Waals surface area contributed by atoms with E-state index in [2.05, 4.69) is 0 Å². The lowest BCUT2D eigenvalue weighted by Crippen LogP contribution is -2.49. The Morgan fingerprint density at radius 3 is 2.35 bits per heavy atom. The zero-order valence-electron chi connectivity index (χ0n) is 11.2. The number of aryl methyl sites for hydroxylation is 1. The molecule has 0 fully saturated rings. The number of aromatic nitrogens is 1. The molecule has 1 rings (SSSR count). The van der Waals surface area contributed by atoms with Gasteiger partial charge >= 0.3 is 7.48 Å². The molecule has 0 aliphatic heterocycles. The van der Waals surface area contributed by atoms with E-state index in [4.69, 9.17) is 4.65 Å². The molecular formula is C12H20BNO3. The van der Waals surface area contributed by atoms with Gasteiger partial charge in [-0.15, -0.1) is 0 Å². The summed E-state index contributed by atoms with van der Waals surface area (Å²) in [5.74, 6) is 0. The van der Waals surface area contributed by atoms with Crippen LogP contribution in [-0.2, 0) is 11.7 Å². The van der Waals surface area contributed by atoms with Gasteiger partial charge in [0.15, 0.2) is 0 Å². The minimum atomic E-state index is -0.923. The van der Waals surface area contributed by atoms with E-state index in [0.29, 0.717) is 7.48 Å². The van der Waals surface area contributed by atoms with E-state index < -0.39 is 11.2 Å². The Balaban J connectivity index is 2.74. The van der Waals surface area contributed by atoms with Crippen LogP contribution in [0.3, 0.4) is 0 Å². The minimum Gasteiger partial charge on any atom is -0.427 e. The molecule has 1 heterocycles. The third kappa shape index (κ3) is 3.44. The molecule has 0 radical (unpaired) electrons. The van der Waals surface area contributed by atoms with Crippen molar-refractivity contribution in [2.24, 2.45) is 7.05 Å². The van der Waals surface area contributed by atoms with Crippen molar-refractivity contribution in [1.82, 2.24) is 4.57 Å². The Labute approximate surface area is 103 Å². The number of hydrogen-bond donors (Lipinski definition) is 1. The second-order valence-electron chi connectivity index (χ2n) is 5.34. The Morgan fingerprint density at radius 2 is 1.88 bits per heavy atom. The maximum Gasteiger partial charge on any atom is 0.310 e. The lowest BCUT2D eigenvalue weighted by molar-refractivity contribution is -0.0893. The van der Waals surface area contributed by atoms with Crippen LogP contribution >= 0.6 is 0 Å². The molecular weight excluding hydrogens is 217 g/mol. The highest BCUT2D eigenvalue weighted by Gasteiger charge is 2.35. The van der Waals surface area contributed by atoms with Crippen LogP contribution in [0, 0.1) is 0 Å². The van der Waals surface area contributed by atoms with Crippen LogP contribution in [0.5, 0.6) is 0 Å². The largest absolute Gasteiger partial charge is 0.427 e. The lowest BCUT2D eigenvalue weighted by Gasteiger charge is -2.37. The molecule has 1 aromatic rings. The molecule has 17 heavy (non-hydrogen) atoms. The summed E-state index contributed by atoms with van der Waals surface area (Å²) in [5, 5.41) is 9.94. The molecule has 0 saturated heterocycles. The summed E-state index contributed by atoms with van der Waals surface area (Å²) in [5.41, 5.74) is -0.713. The summed E-state index contributed by atoms with van der Waals surface area (Å²) in [7, 11) is 2.07. The van der Waals surface area contributed by atoms with Crippen molar-refractivity contribution in [2.45, 2.75) is 38.9 Å². The SMILES string of the molecule is Cn1cc(BOC(C)(C)C(C)(C)O)ccc1=O. The van der Waals surface area contributed by atoms with Gasteiger partial charge in [-0.1, -0.05) is 6.07 Å². The number of rotatable bonds is 4. The minimum absolute atomic E-state index is 0.0458. The summed E-state index contributed by atoms with van der Waals surface area (Å²) in [6, 6.07) is 3.25. The normalized spacial score (nSPS) is 12.6. The maximum atomic E-state index is 11.2. The fourth-order valence-corrected chi connectivity index (χ4v) is 1.18. The van der Waals surface area contributed by atoms with Crippen molar-refractivity contribution in [3.63, 3.8) is 0 Å². The molecule has 94 valence electrons. The molecule has 4 nitrogen and oxygen atoms in total. The van der Waals surface area contributed by atoms with E-state index in [-0.39, 0.29) is 5.56 Å². The first kappa shape index (κ1) is 14.0. The van der Waals surface area contributed by atoms with E-state index in [1.807, 2.05) is 13.8 Å². The standard InChI is InChI=1S/C12H20BNO3/c1-11(2,16)12(3,4)17-13-9-6-7-10(15)14(5)8-9/h6-8,13,16H,1-5H3. The summed E-state index contributed by atoms with van der Waals surface area (Å²) in [6.07, 6.45) is 1.74. The quantitative estimate of drug-likeness (QED) is 0.745. The van der Waals surface area contributed by atoms with Crippen molar-refractivity contribution in [3.8, 4) is 0 Å². The van der Waals surface area contributed by atoms with Crippen LogP contribution in [0.1, 0.15) is 27.7 Å². The first-order valence-electron chi connectivity index (χ1n) is 5.65. The Morgan fingerprint density at radius 1 is 1.29 bits per heavy atom. The van der Waals surface area contributed by atoms with Gasteiger partial charge in [0.1, 0.15) is 0 Å². The van der Waals surface area contributed by atoms with Crippen LogP contribution in [0.25, 0.3) is 0 Å². The van der Waals surface area contributed by atoms with Crippen LogP contribution < -0.4 is 11.0 Å². The van der Waals surface area contributed by atoms with E-state index in [1.54, 1.807) is 33.2 Å².